The van der Waals surface area contributed by atoms with Gasteiger partial charge in [0, 0.05) is 17.1 Å². The Kier molecular flexibility index (Phi) is 2.93. The number of carbonyl (C=O) groups is 1. The maximum absolute atomic E-state index is 11.6. The first-order chi connectivity index (χ1) is 7.22. The molecular formula is C11H12ClNO2. The third-order valence-electron chi connectivity index (χ3n) is 2.62. The second kappa shape index (κ2) is 4.21. The van der Waals surface area contributed by atoms with Crippen molar-refractivity contribution in [2.24, 2.45) is 0 Å². The summed E-state index contributed by atoms with van der Waals surface area (Å²) in [7, 11) is 0. The van der Waals surface area contributed by atoms with Crippen molar-refractivity contribution >= 4 is 23.2 Å². The molecule has 1 saturated heterocycles. The average Bonchev–Trinajstić information content (AvgIpc) is 2.59. The summed E-state index contributed by atoms with van der Waals surface area (Å²) in [5.74, 6) is 0.0521. The van der Waals surface area contributed by atoms with Gasteiger partial charge in [-0.15, -0.1) is 0 Å². The van der Waals surface area contributed by atoms with Gasteiger partial charge in [-0.25, -0.2) is 0 Å². The summed E-state index contributed by atoms with van der Waals surface area (Å²) >= 11 is 5.86. The van der Waals surface area contributed by atoms with Crippen LogP contribution in [0.3, 0.4) is 0 Å². The highest BCUT2D eigenvalue weighted by Gasteiger charge is 2.31. The van der Waals surface area contributed by atoms with Crippen molar-refractivity contribution in [1.82, 2.24) is 0 Å². The number of aliphatic hydroxyl groups is 1. The van der Waals surface area contributed by atoms with Gasteiger partial charge < -0.3 is 10.0 Å². The van der Waals surface area contributed by atoms with Crippen LogP contribution in [0.1, 0.15) is 12.8 Å². The van der Waals surface area contributed by atoms with E-state index in [2.05, 4.69) is 0 Å². The first-order valence-corrected chi connectivity index (χ1v) is 5.28. The van der Waals surface area contributed by atoms with Gasteiger partial charge in [-0.05, 0) is 24.6 Å². The summed E-state index contributed by atoms with van der Waals surface area (Å²) in [5.41, 5.74) is 0.768. The van der Waals surface area contributed by atoms with Gasteiger partial charge >= 0.3 is 0 Å². The molecule has 0 bridgehead atoms. The fraction of sp³-hybridized carbons (Fsp3) is 0.364. The van der Waals surface area contributed by atoms with Gasteiger partial charge in [0.25, 0.3) is 0 Å². The zero-order valence-corrected chi connectivity index (χ0v) is 8.94. The van der Waals surface area contributed by atoms with Crippen LogP contribution in [0.2, 0.25) is 5.02 Å². The van der Waals surface area contributed by atoms with E-state index >= 15 is 0 Å². The molecule has 1 unspecified atom stereocenters. The minimum atomic E-state index is -0.101. The van der Waals surface area contributed by atoms with Gasteiger partial charge in [0.05, 0.1) is 12.6 Å². The lowest BCUT2D eigenvalue weighted by atomic mass is 10.2. The van der Waals surface area contributed by atoms with Crippen LogP contribution >= 0.6 is 11.6 Å². The van der Waals surface area contributed by atoms with Crippen molar-refractivity contribution in [3.8, 4) is 0 Å². The molecule has 0 spiro atoms. The molecule has 1 fully saturated rings. The molecule has 3 nitrogen and oxygen atoms in total. The summed E-state index contributed by atoms with van der Waals surface area (Å²) in [6, 6.07) is 7.04. The van der Waals surface area contributed by atoms with Gasteiger partial charge in [-0.1, -0.05) is 17.7 Å². The van der Waals surface area contributed by atoms with Crippen LogP contribution in [0, 0.1) is 0 Å². The minimum absolute atomic E-state index is 0.00173. The zero-order chi connectivity index (χ0) is 10.8. The first kappa shape index (κ1) is 10.5. The molecular weight excluding hydrogens is 214 g/mol. The van der Waals surface area contributed by atoms with Gasteiger partial charge in [0.15, 0.2) is 0 Å². The smallest absolute Gasteiger partial charge is 0.227 e. The standard InChI is InChI=1S/C11H12ClNO2/c12-8-2-1-3-9(6-8)13-10(7-14)4-5-11(13)15/h1-3,6,10,14H,4-5,7H2. The fourth-order valence-corrected chi connectivity index (χ4v) is 2.08. The van der Waals surface area contributed by atoms with Crippen molar-refractivity contribution < 1.29 is 9.90 Å². The molecule has 4 heteroatoms. The molecule has 0 saturated carbocycles. The van der Waals surface area contributed by atoms with E-state index in [4.69, 9.17) is 16.7 Å². The van der Waals surface area contributed by atoms with Crippen LogP contribution < -0.4 is 4.90 Å². The van der Waals surface area contributed by atoms with Crippen molar-refractivity contribution in [2.75, 3.05) is 11.5 Å². The summed E-state index contributed by atoms with van der Waals surface area (Å²) in [6.45, 7) is -0.00173. The van der Waals surface area contributed by atoms with Crippen LogP contribution in [0.5, 0.6) is 0 Å². The highest BCUT2D eigenvalue weighted by molar-refractivity contribution is 6.30. The molecule has 1 aromatic carbocycles. The Morgan fingerprint density at radius 1 is 1.53 bits per heavy atom. The van der Waals surface area contributed by atoms with E-state index in [1.165, 1.54) is 0 Å². The number of carbonyl (C=O) groups excluding carboxylic acids is 1. The van der Waals surface area contributed by atoms with Crippen LogP contribution in [0.15, 0.2) is 24.3 Å². The second-order valence-corrected chi connectivity index (χ2v) is 4.06. The van der Waals surface area contributed by atoms with Crippen LogP contribution in [0.4, 0.5) is 5.69 Å². The summed E-state index contributed by atoms with van der Waals surface area (Å²) in [6.07, 6.45) is 1.21. The lowest BCUT2D eigenvalue weighted by molar-refractivity contribution is -0.117. The molecule has 0 aromatic heterocycles. The number of nitrogens with zero attached hydrogens (tertiary/aromatic N) is 1. The van der Waals surface area contributed by atoms with E-state index in [1.807, 2.05) is 6.07 Å². The van der Waals surface area contributed by atoms with E-state index in [1.54, 1.807) is 23.1 Å². The number of amides is 1. The lowest BCUT2D eigenvalue weighted by Crippen LogP contribution is -2.35. The van der Waals surface area contributed by atoms with E-state index in [9.17, 15) is 4.79 Å². The SMILES string of the molecule is O=C1CCC(CO)N1c1cccc(Cl)c1. The minimum Gasteiger partial charge on any atom is -0.394 e. The normalized spacial score (nSPS) is 21.1. The number of hydrogen-bond acceptors (Lipinski definition) is 2. The Bertz CT molecular complexity index is 381. The Hall–Kier alpha value is -1.06. The molecule has 15 heavy (non-hydrogen) atoms. The third-order valence-corrected chi connectivity index (χ3v) is 2.86. The van der Waals surface area contributed by atoms with Crippen LogP contribution in [-0.4, -0.2) is 23.7 Å². The monoisotopic (exact) mass is 225 g/mol. The van der Waals surface area contributed by atoms with Crippen molar-refractivity contribution in [1.29, 1.82) is 0 Å². The van der Waals surface area contributed by atoms with Crippen molar-refractivity contribution in [3.63, 3.8) is 0 Å². The predicted octanol–water partition coefficient (Wildman–Crippen LogP) is 1.83. The topological polar surface area (TPSA) is 40.5 Å². The Morgan fingerprint density at radius 3 is 3.00 bits per heavy atom. The predicted molar refractivity (Wildman–Crippen MR) is 59.0 cm³/mol. The Morgan fingerprint density at radius 2 is 2.33 bits per heavy atom. The number of aliphatic hydroxyl groups excluding tert-OH is 1. The highest BCUT2D eigenvalue weighted by atomic mass is 35.5. The molecule has 2 rings (SSSR count). The number of anilines is 1. The molecule has 80 valence electrons. The van der Waals surface area contributed by atoms with Crippen molar-refractivity contribution in [3.05, 3.63) is 29.3 Å². The molecule has 1 atom stereocenters. The largest absolute Gasteiger partial charge is 0.394 e. The van der Waals surface area contributed by atoms with Gasteiger partial charge in [0.2, 0.25) is 5.91 Å². The number of benzene rings is 1. The average molecular weight is 226 g/mol. The summed E-state index contributed by atoms with van der Waals surface area (Å²) in [5, 5.41) is 9.76. The Balaban J connectivity index is 2.32. The molecule has 0 radical (unpaired) electrons. The summed E-state index contributed by atoms with van der Waals surface area (Å²) < 4.78 is 0. The maximum Gasteiger partial charge on any atom is 0.227 e. The van der Waals surface area contributed by atoms with Crippen LogP contribution in [0.25, 0.3) is 0 Å². The molecule has 1 aliphatic rings. The molecule has 0 aliphatic carbocycles. The fourth-order valence-electron chi connectivity index (χ4n) is 1.90. The van der Waals surface area contributed by atoms with Crippen LogP contribution in [-0.2, 0) is 4.79 Å². The van der Waals surface area contributed by atoms with E-state index in [0.29, 0.717) is 17.9 Å². The van der Waals surface area contributed by atoms with Gasteiger partial charge in [-0.2, -0.15) is 0 Å². The molecule has 1 heterocycles. The van der Waals surface area contributed by atoms with E-state index < -0.39 is 0 Å². The number of rotatable bonds is 2. The molecule has 1 aromatic rings. The van der Waals surface area contributed by atoms with Crippen molar-refractivity contribution in [2.45, 2.75) is 18.9 Å². The zero-order valence-electron chi connectivity index (χ0n) is 8.19. The molecule has 1 amide bonds. The second-order valence-electron chi connectivity index (χ2n) is 3.62. The summed E-state index contributed by atoms with van der Waals surface area (Å²) in [4.78, 5) is 13.3. The number of halogens is 1. The highest BCUT2D eigenvalue weighted by Crippen LogP contribution is 2.28. The van der Waals surface area contributed by atoms with E-state index in [0.717, 1.165) is 5.69 Å². The molecule has 1 N–H and O–H groups in total. The van der Waals surface area contributed by atoms with E-state index in [-0.39, 0.29) is 18.6 Å². The molecule has 1 aliphatic heterocycles. The Labute approximate surface area is 93.3 Å². The lowest BCUT2D eigenvalue weighted by Gasteiger charge is -2.23. The number of hydrogen-bond donors (Lipinski definition) is 1. The maximum atomic E-state index is 11.6. The third kappa shape index (κ3) is 1.98. The van der Waals surface area contributed by atoms with Gasteiger partial charge in [-0.3, -0.25) is 4.79 Å². The first-order valence-electron chi connectivity index (χ1n) is 4.91. The quantitative estimate of drug-likeness (QED) is 0.834. The van der Waals surface area contributed by atoms with Gasteiger partial charge in [0.1, 0.15) is 0 Å².